The normalized spacial score (nSPS) is 17.0. The number of anilines is 1. The molecule has 1 amide bonds. The topological polar surface area (TPSA) is 75.9 Å². The lowest BCUT2D eigenvalue weighted by Crippen LogP contribution is -2.31. The van der Waals surface area contributed by atoms with E-state index in [1.807, 2.05) is 53.0 Å². The number of likely N-dealkylation sites (tertiary alicyclic amines) is 1. The van der Waals surface area contributed by atoms with Crippen molar-refractivity contribution in [2.45, 2.75) is 31.8 Å². The van der Waals surface area contributed by atoms with Gasteiger partial charge in [-0.15, -0.1) is 5.10 Å². The number of aryl methyl sites for hydroxylation is 1. The summed E-state index contributed by atoms with van der Waals surface area (Å²) in [5.41, 5.74) is 2.96. The van der Waals surface area contributed by atoms with Crippen molar-refractivity contribution in [3.63, 3.8) is 0 Å². The number of aromatic nitrogens is 4. The van der Waals surface area contributed by atoms with E-state index in [4.69, 9.17) is 0 Å². The number of carbonyl (C=O) groups excluding carboxylic acids is 1. The summed E-state index contributed by atoms with van der Waals surface area (Å²) < 4.78 is 1.81. The van der Waals surface area contributed by atoms with Crippen molar-refractivity contribution in [1.82, 2.24) is 24.9 Å². The van der Waals surface area contributed by atoms with Gasteiger partial charge in [0.15, 0.2) is 0 Å². The first-order valence-electron chi connectivity index (χ1n) is 8.97. The van der Waals surface area contributed by atoms with Crippen LogP contribution in [-0.2, 0) is 11.3 Å². The Hall–Kier alpha value is -2.96. The second-order valence-electron chi connectivity index (χ2n) is 6.52. The number of pyridine rings is 1. The lowest BCUT2D eigenvalue weighted by atomic mass is 10.1. The minimum Gasteiger partial charge on any atom is -0.373 e. The molecular formula is C19H22N6O. The summed E-state index contributed by atoms with van der Waals surface area (Å²) in [6, 6.07) is 12.0. The molecule has 134 valence electrons. The van der Waals surface area contributed by atoms with Crippen LogP contribution in [0.4, 0.5) is 5.82 Å². The maximum absolute atomic E-state index is 12.8. The van der Waals surface area contributed by atoms with Gasteiger partial charge in [-0.25, -0.2) is 9.67 Å². The van der Waals surface area contributed by atoms with Crippen LogP contribution in [0, 0.1) is 0 Å². The van der Waals surface area contributed by atoms with Crippen molar-refractivity contribution in [3.8, 4) is 0 Å². The average Bonchev–Trinajstić information content (AvgIpc) is 3.33. The zero-order chi connectivity index (χ0) is 17.9. The van der Waals surface area contributed by atoms with Crippen LogP contribution < -0.4 is 5.32 Å². The molecule has 0 unspecified atom stereocenters. The van der Waals surface area contributed by atoms with Crippen molar-refractivity contribution in [2.75, 3.05) is 18.9 Å². The highest BCUT2D eigenvalue weighted by Gasteiger charge is 2.29. The Bertz CT molecular complexity index is 921. The lowest BCUT2D eigenvalue weighted by molar-refractivity contribution is -0.132. The summed E-state index contributed by atoms with van der Waals surface area (Å²) in [4.78, 5) is 19.1. The number of para-hydroxylation sites is 1. The molecule has 1 atom stereocenters. The van der Waals surface area contributed by atoms with Gasteiger partial charge < -0.3 is 10.2 Å². The summed E-state index contributed by atoms with van der Waals surface area (Å²) >= 11 is 0. The number of benzene rings is 1. The fourth-order valence-corrected chi connectivity index (χ4v) is 3.63. The van der Waals surface area contributed by atoms with Crippen LogP contribution in [0.3, 0.4) is 0 Å². The molecule has 0 saturated carbocycles. The second kappa shape index (κ2) is 7.11. The highest BCUT2D eigenvalue weighted by Crippen LogP contribution is 2.33. The summed E-state index contributed by atoms with van der Waals surface area (Å²) in [6.45, 7) is 1.35. The number of hydrogen-bond donors (Lipinski definition) is 1. The summed E-state index contributed by atoms with van der Waals surface area (Å²) in [7, 11) is 1.85. The smallest absolute Gasteiger partial charge is 0.224 e. The Labute approximate surface area is 152 Å². The number of nitrogens with one attached hydrogen (secondary N) is 1. The molecule has 1 fully saturated rings. The molecule has 0 radical (unpaired) electrons. The van der Waals surface area contributed by atoms with Gasteiger partial charge in [-0.2, -0.15) is 0 Å². The molecule has 3 heterocycles. The first kappa shape index (κ1) is 16.5. The molecule has 0 spiro atoms. The molecule has 1 aliphatic rings. The molecule has 4 rings (SSSR count). The molecule has 1 aliphatic heterocycles. The summed E-state index contributed by atoms with van der Waals surface area (Å²) in [6.07, 6.45) is 4.24. The fraction of sp³-hybridized carbons (Fsp3) is 0.368. The van der Waals surface area contributed by atoms with Gasteiger partial charge in [0, 0.05) is 26.2 Å². The third kappa shape index (κ3) is 3.12. The molecule has 1 saturated heterocycles. The molecule has 7 heteroatoms. The molecule has 0 aliphatic carbocycles. The van der Waals surface area contributed by atoms with E-state index in [0.29, 0.717) is 13.0 Å². The standard InChI is InChI=1S/C19H22N6O/c1-20-18-13-14(8-10-21-18)16-7-4-11-24(16)19(26)9-12-25-17-6-3-2-5-15(17)22-23-25/h2-3,5-6,8,10,13,16H,4,7,9,11-12H2,1H3,(H,20,21)/t16-/m1/s1. The highest BCUT2D eigenvalue weighted by molar-refractivity contribution is 5.78. The molecule has 1 aromatic carbocycles. The van der Waals surface area contributed by atoms with Crippen LogP contribution in [0.15, 0.2) is 42.6 Å². The molecule has 0 bridgehead atoms. The third-order valence-electron chi connectivity index (χ3n) is 4.96. The molecule has 2 aromatic heterocycles. The van der Waals surface area contributed by atoms with Gasteiger partial charge >= 0.3 is 0 Å². The fourth-order valence-electron chi connectivity index (χ4n) is 3.63. The number of fused-ring (bicyclic) bond motifs is 1. The number of hydrogen-bond acceptors (Lipinski definition) is 5. The maximum Gasteiger partial charge on any atom is 0.224 e. The number of amides is 1. The van der Waals surface area contributed by atoms with E-state index in [1.54, 1.807) is 6.20 Å². The Morgan fingerprint density at radius 2 is 2.19 bits per heavy atom. The summed E-state index contributed by atoms with van der Waals surface area (Å²) in [5, 5.41) is 11.4. The van der Waals surface area contributed by atoms with E-state index in [0.717, 1.165) is 41.8 Å². The number of nitrogens with zero attached hydrogens (tertiary/aromatic N) is 5. The zero-order valence-electron chi connectivity index (χ0n) is 14.8. The monoisotopic (exact) mass is 350 g/mol. The highest BCUT2D eigenvalue weighted by atomic mass is 16.2. The van der Waals surface area contributed by atoms with Crippen LogP contribution >= 0.6 is 0 Å². The van der Waals surface area contributed by atoms with Gasteiger partial charge in [0.2, 0.25) is 5.91 Å². The van der Waals surface area contributed by atoms with Gasteiger partial charge in [-0.1, -0.05) is 17.3 Å². The van der Waals surface area contributed by atoms with Crippen molar-refractivity contribution in [3.05, 3.63) is 48.2 Å². The van der Waals surface area contributed by atoms with Crippen molar-refractivity contribution < 1.29 is 4.79 Å². The quantitative estimate of drug-likeness (QED) is 0.765. The summed E-state index contributed by atoms with van der Waals surface area (Å²) in [5.74, 6) is 0.991. The van der Waals surface area contributed by atoms with Crippen LogP contribution in [0.5, 0.6) is 0 Å². The van der Waals surface area contributed by atoms with Crippen molar-refractivity contribution >= 4 is 22.8 Å². The minimum atomic E-state index is 0.130. The van der Waals surface area contributed by atoms with Crippen LogP contribution in [0.25, 0.3) is 11.0 Å². The van der Waals surface area contributed by atoms with Crippen LogP contribution in [-0.4, -0.2) is 44.4 Å². The van der Waals surface area contributed by atoms with E-state index in [1.165, 1.54) is 0 Å². The molecule has 26 heavy (non-hydrogen) atoms. The molecular weight excluding hydrogens is 328 g/mol. The lowest BCUT2D eigenvalue weighted by Gasteiger charge is -2.25. The largest absolute Gasteiger partial charge is 0.373 e. The minimum absolute atomic E-state index is 0.130. The van der Waals surface area contributed by atoms with Gasteiger partial charge in [0.25, 0.3) is 0 Å². The van der Waals surface area contributed by atoms with Crippen molar-refractivity contribution in [1.29, 1.82) is 0 Å². The number of rotatable bonds is 5. The van der Waals surface area contributed by atoms with Gasteiger partial charge in [0.05, 0.1) is 18.1 Å². The Balaban J connectivity index is 1.46. The van der Waals surface area contributed by atoms with Crippen LogP contribution in [0.1, 0.15) is 30.9 Å². The van der Waals surface area contributed by atoms with E-state index in [9.17, 15) is 4.79 Å². The Morgan fingerprint density at radius 3 is 3.08 bits per heavy atom. The van der Waals surface area contributed by atoms with Gasteiger partial charge in [-0.3, -0.25) is 4.79 Å². The second-order valence-corrected chi connectivity index (χ2v) is 6.52. The van der Waals surface area contributed by atoms with E-state index < -0.39 is 0 Å². The first-order chi connectivity index (χ1) is 12.8. The Kier molecular flexibility index (Phi) is 4.51. The molecule has 7 nitrogen and oxygen atoms in total. The molecule has 1 N–H and O–H groups in total. The SMILES string of the molecule is CNc1cc([C@H]2CCCN2C(=O)CCn2nnc3ccccc32)ccn1. The first-order valence-corrected chi connectivity index (χ1v) is 8.97. The van der Waals surface area contributed by atoms with Gasteiger partial charge in [0.1, 0.15) is 11.3 Å². The van der Waals surface area contributed by atoms with Crippen LogP contribution in [0.2, 0.25) is 0 Å². The third-order valence-corrected chi connectivity index (χ3v) is 4.96. The van der Waals surface area contributed by atoms with E-state index >= 15 is 0 Å². The van der Waals surface area contributed by atoms with Gasteiger partial charge in [-0.05, 0) is 42.7 Å². The zero-order valence-corrected chi connectivity index (χ0v) is 14.8. The average molecular weight is 350 g/mol. The van der Waals surface area contributed by atoms with Crippen molar-refractivity contribution in [2.24, 2.45) is 0 Å². The maximum atomic E-state index is 12.8. The Morgan fingerprint density at radius 1 is 1.31 bits per heavy atom. The van der Waals surface area contributed by atoms with E-state index in [-0.39, 0.29) is 11.9 Å². The predicted molar refractivity (Wildman–Crippen MR) is 99.6 cm³/mol. The number of carbonyl (C=O) groups is 1. The molecule has 3 aromatic rings. The van der Waals surface area contributed by atoms with E-state index in [2.05, 4.69) is 20.6 Å². The predicted octanol–water partition coefficient (Wildman–Crippen LogP) is 2.62.